The number of nitrogens with one attached hydrogen (secondary N) is 1. The standard InChI is InChI=1S/C42H69N5O6/c1-12-19-44-34(48)33-45-24-46-47(33)30-20-42-23-51-21-38(8,32(30)52-22-41(11,43)26(4)5)31(42)14-13-28-29(42)15-16-40(10)35(53-36(49)50)37(7,27(6)25(2)3)17-18-39(28,40)9/h15,24-28,30-32,35H,12-14,16-23,43H2,1-11H3,(H,44,48)(H,49,50)/t27-,28+,30-,31+,32+,35-,37-,38-,39-,40-,41+,42+/m1/s1. The summed E-state index contributed by atoms with van der Waals surface area (Å²) in [5, 5.41) is 18.0. The molecule has 4 N–H and O–H groups in total. The van der Waals surface area contributed by atoms with Gasteiger partial charge in [0.2, 0.25) is 5.82 Å². The number of carbonyl (C=O) groups is 2. The summed E-state index contributed by atoms with van der Waals surface area (Å²) in [6.07, 6.45) is 8.22. The maximum Gasteiger partial charge on any atom is 0.506 e. The number of aromatic nitrogens is 3. The molecule has 0 unspecified atom stereocenters. The van der Waals surface area contributed by atoms with Crippen LogP contribution in [0.2, 0.25) is 0 Å². The van der Waals surface area contributed by atoms with Gasteiger partial charge in [-0.3, -0.25) is 4.79 Å². The lowest BCUT2D eigenvalue weighted by molar-refractivity contribution is -0.256. The van der Waals surface area contributed by atoms with Crippen molar-refractivity contribution in [3.8, 4) is 0 Å². The Kier molecular flexibility index (Phi) is 10.5. The minimum absolute atomic E-state index is 0.194. The number of rotatable bonds is 11. The van der Waals surface area contributed by atoms with Gasteiger partial charge in [-0.15, -0.1) is 0 Å². The van der Waals surface area contributed by atoms with E-state index in [2.05, 4.69) is 78.7 Å². The number of nitrogens with two attached hydrogens (primary N) is 1. The van der Waals surface area contributed by atoms with Crippen LogP contribution in [0.25, 0.3) is 0 Å². The van der Waals surface area contributed by atoms with Gasteiger partial charge < -0.3 is 30.4 Å². The average molecular weight is 740 g/mol. The van der Waals surface area contributed by atoms with E-state index in [-0.39, 0.29) is 58.0 Å². The molecule has 11 nitrogen and oxygen atoms in total. The van der Waals surface area contributed by atoms with Crippen LogP contribution in [0.3, 0.4) is 0 Å². The van der Waals surface area contributed by atoms with Crippen LogP contribution in [0, 0.1) is 56.7 Å². The van der Waals surface area contributed by atoms with Crippen LogP contribution >= 0.6 is 0 Å². The van der Waals surface area contributed by atoms with Crippen LogP contribution in [0.1, 0.15) is 138 Å². The summed E-state index contributed by atoms with van der Waals surface area (Å²) < 4.78 is 21.7. The van der Waals surface area contributed by atoms with E-state index in [9.17, 15) is 14.7 Å². The van der Waals surface area contributed by atoms with Crippen LogP contribution in [0.15, 0.2) is 18.0 Å². The summed E-state index contributed by atoms with van der Waals surface area (Å²) in [7, 11) is 0. The van der Waals surface area contributed by atoms with Crippen molar-refractivity contribution in [2.24, 2.45) is 62.4 Å². The van der Waals surface area contributed by atoms with Crippen molar-refractivity contribution in [3.05, 3.63) is 23.8 Å². The van der Waals surface area contributed by atoms with Crippen molar-refractivity contribution >= 4 is 12.1 Å². The second-order valence-electron chi connectivity index (χ2n) is 19.8. The largest absolute Gasteiger partial charge is 0.506 e. The van der Waals surface area contributed by atoms with Gasteiger partial charge in [0.1, 0.15) is 12.4 Å². The smallest absolute Gasteiger partial charge is 0.450 e. The van der Waals surface area contributed by atoms with E-state index in [1.807, 2.05) is 18.5 Å². The lowest BCUT2D eigenvalue weighted by atomic mass is 9.35. The molecular formula is C42H69N5O6. The van der Waals surface area contributed by atoms with Gasteiger partial charge in [0.05, 0.1) is 32.0 Å². The number of carbonyl (C=O) groups excluding carboxylic acids is 1. The van der Waals surface area contributed by atoms with E-state index in [0.29, 0.717) is 44.5 Å². The van der Waals surface area contributed by atoms with Crippen LogP contribution in [-0.4, -0.2) is 76.0 Å². The molecule has 12 atom stereocenters. The molecule has 1 aromatic heterocycles. The molecule has 0 aromatic carbocycles. The molecule has 5 aliphatic rings. The monoisotopic (exact) mass is 740 g/mol. The Morgan fingerprint density at radius 3 is 2.47 bits per heavy atom. The first-order valence-corrected chi connectivity index (χ1v) is 20.5. The zero-order chi connectivity index (χ0) is 38.9. The summed E-state index contributed by atoms with van der Waals surface area (Å²) in [6, 6.07) is -0.279. The Balaban J connectivity index is 1.47. The van der Waals surface area contributed by atoms with Crippen LogP contribution in [0.4, 0.5) is 4.79 Å². The van der Waals surface area contributed by atoms with E-state index in [4.69, 9.17) is 25.0 Å². The van der Waals surface area contributed by atoms with Crippen molar-refractivity contribution in [1.29, 1.82) is 0 Å². The number of allylic oxidation sites excluding steroid dienone is 1. The Morgan fingerprint density at radius 1 is 1.11 bits per heavy atom. The molecule has 2 bridgehead atoms. The van der Waals surface area contributed by atoms with Gasteiger partial charge in [0, 0.05) is 33.7 Å². The first-order valence-electron chi connectivity index (χ1n) is 20.5. The van der Waals surface area contributed by atoms with Gasteiger partial charge in [-0.1, -0.05) is 80.9 Å². The fourth-order valence-corrected chi connectivity index (χ4v) is 12.3. The molecule has 2 heterocycles. The van der Waals surface area contributed by atoms with Crippen LogP contribution in [-0.2, 0) is 14.2 Å². The van der Waals surface area contributed by atoms with Gasteiger partial charge in [-0.05, 0) is 86.9 Å². The molecule has 0 spiro atoms. The summed E-state index contributed by atoms with van der Waals surface area (Å²) in [5.74, 6) is 1.47. The first kappa shape index (κ1) is 40.2. The Hall–Kier alpha value is -2.50. The van der Waals surface area contributed by atoms with Gasteiger partial charge >= 0.3 is 6.16 Å². The minimum Gasteiger partial charge on any atom is -0.450 e. The van der Waals surface area contributed by atoms with Gasteiger partial charge in [-0.25, -0.2) is 14.5 Å². The quantitative estimate of drug-likeness (QED) is 0.153. The minimum atomic E-state index is -1.19. The molecule has 1 aliphatic heterocycles. The van der Waals surface area contributed by atoms with E-state index < -0.39 is 28.6 Å². The zero-order valence-corrected chi connectivity index (χ0v) is 34.5. The normalized spacial score (nSPS) is 41.0. The lowest BCUT2D eigenvalue weighted by Crippen LogP contribution is -2.70. The molecule has 4 aliphatic carbocycles. The highest BCUT2D eigenvalue weighted by Crippen LogP contribution is 2.74. The molecule has 3 saturated carbocycles. The fraction of sp³-hybridized carbons (Fsp3) is 0.857. The Labute approximate surface area is 317 Å². The maximum absolute atomic E-state index is 13.6. The predicted molar refractivity (Wildman–Crippen MR) is 204 cm³/mol. The summed E-state index contributed by atoms with van der Waals surface area (Å²) in [5.41, 5.74) is 6.16. The van der Waals surface area contributed by atoms with Crippen molar-refractivity contribution < 1.29 is 28.9 Å². The number of amides is 1. The number of ether oxygens (including phenoxy) is 3. The van der Waals surface area contributed by atoms with Gasteiger partial charge in [-0.2, -0.15) is 5.10 Å². The SMILES string of the molecule is CCCNC(=O)c1ncnn1[C@@H]1C[C@@]23COC[C@](C)([C@@H]2CC[C@H]2C3=CC[C@]3(C)[C@H](OC(=O)O)[C@@](C)([C@H](C)C(C)C)CC[C@]23C)[C@H]1OC[C@](C)(N)C(C)C. The highest BCUT2D eigenvalue weighted by molar-refractivity contribution is 5.90. The molecule has 298 valence electrons. The molecule has 6 rings (SSSR count). The van der Waals surface area contributed by atoms with Gasteiger partial charge in [0.25, 0.3) is 5.91 Å². The summed E-state index contributed by atoms with van der Waals surface area (Å²) >= 11 is 0. The van der Waals surface area contributed by atoms with Crippen LogP contribution in [0.5, 0.6) is 0 Å². The Morgan fingerprint density at radius 2 is 1.83 bits per heavy atom. The average Bonchev–Trinajstić information content (AvgIpc) is 3.58. The summed E-state index contributed by atoms with van der Waals surface area (Å²) in [4.78, 5) is 30.6. The molecule has 11 heteroatoms. The highest BCUT2D eigenvalue weighted by atomic mass is 16.7. The third-order valence-corrected chi connectivity index (χ3v) is 16.5. The summed E-state index contributed by atoms with van der Waals surface area (Å²) in [6.45, 7) is 26.5. The third kappa shape index (κ3) is 6.08. The highest BCUT2D eigenvalue weighted by Gasteiger charge is 2.72. The number of carboxylic acid groups (broad SMARTS) is 1. The first-order chi connectivity index (χ1) is 24.7. The number of hydrogen-bond donors (Lipinski definition) is 3. The van der Waals surface area contributed by atoms with Crippen molar-refractivity contribution in [2.75, 3.05) is 26.4 Å². The molecule has 1 aromatic rings. The van der Waals surface area contributed by atoms with E-state index in [0.717, 1.165) is 38.5 Å². The zero-order valence-electron chi connectivity index (χ0n) is 34.5. The van der Waals surface area contributed by atoms with Gasteiger partial charge in [0.15, 0.2) is 0 Å². The number of fused-ring (bicyclic) bond motifs is 3. The third-order valence-electron chi connectivity index (χ3n) is 16.5. The molecule has 4 fully saturated rings. The number of nitrogens with zero attached hydrogens (tertiary/aromatic N) is 3. The van der Waals surface area contributed by atoms with Crippen LogP contribution < -0.4 is 11.1 Å². The molecule has 1 amide bonds. The topological polar surface area (TPSA) is 151 Å². The Bertz CT molecular complexity index is 1570. The van der Waals surface area contributed by atoms with E-state index >= 15 is 0 Å². The molecular weight excluding hydrogens is 670 g/mol. The molecule has 0 radical (unpaired) electrons. The van der Waals surface area contributed by atoms with E-state index in [1.54, 1.807) is 0 Å². The molecule has 53 heavy (non-hydrogen) atoms. The fourth-order valence-electron chi connectivity index (χ4n) is 12.3. The number of hydrogen-bond acceptors (Lipinski definition) is 8. The second-order valence-corrected chi connectivity index (χ2v) is 19.8. The van der Waals surface area contributed by atoms with Crippen molar-refractivity contribution in [3.63, 3.8) is 0 Å². The predicted octanol–water partition coefficient (Wildman–Crippen LogP) is 7.67. The van der Waals surface area contributed by atoms with E-state index in [1.165, 1.54) is 11.9 Å². The maximum atomic E-state index is 13.6. The molecule has 1 saturated heterocycles. The lowest BCUT2D eigenvalue weighted by Gasteiger charge is -2.71. The second kappa shape index (κ2) is 13.9. The van der Waals surface area contributed by atoms with Crippen molar-refractivity contribution in [2.45, 2.75) is 145 Å². The van der Waals surface area contributed by atoms with Crippen molar-refractivity contribution in [1.82, 2.24) is 20.1 Å².